The maximum atomic E-state index is 14.2. The maximum absolute atomic E-state index is 14.2. The molecule has 1 aliphatic rings. The Labute approximate surface area is 289 Å². The summed E-state index contributed by atoms with van der Waals surface area (Å²) in [7, 11) is -8.39. The zero-order valence-electron chi connectivity index (χ0n) is 28.6. The second-order valence-corrected chi connectivity index (χ2v) is 17.0. The molecular formula is C36H43N3O8S2. The summed E-state index contributed by atoms with van der Waals surface area (Å²) < 4.78 is 64.6. The van der Waals surface area contributed by atoms with E-state index < -0.39 is 48.6 Å². The number of hydrogen-bond donors (Lipinski definition) is 0. The number of nitro groups is 1. The van der Waals surface area contributed by atoms with Gasteiger partial charge in [-0.1, -0.05) is 87.6 Å². The highest BCUT2D eigenvalue weighted by molar-refractivity contribution is 7.89. The van der Waals surface area contributed by atoms with Crippen molar-refractivity contribution in [3.63, 3.8) is 0 Å². The average molecular weight is 710 g/mol. The molecule has 4 rings (SSSR count). The Hall–Kier alpha value is -4.09. The van der Waals surface area contributed by atoms with Crippen LogP contribution in [0.4, 0.5) is 5.69 Å². The van der Waals surface area contributed by atoms with E-state index in [-0.39, 0.29) is 40.4 Å². The number of carbonyl (C=O) groups excluding carboxylic acids is 1. The molecule has 13 heteroatoms. The quantitative estimate of drug-likeness (QED) is 0.0642. The van der Waals surface area contributed by atoms with Gasteiger partial charge in [0.25, 0.3) is 5.69 Å². The Kier molecular flexibility index (Phi) is 11.7. The van der Waals surface area contributed by atoms with E-state index in [1.807, 2.05) is 34.6 Å². The summed E-state index contributed by atoms with van der Waals surface area (Å²) in [4.78, 5) is 22.7. The number of sulfonamides is 2. The van der Waals surface area contributed by atoms with Crippen LogP contribution < -0.4 is 0 Å². The van der Waals surface area contributed by atoms with Gasteiger partial charge in [0, 0.05) is 38.4 Å². The van der Waals surface area contributed by atoms with Gasteiger partial charge >= 0.3 is 5.97 Å². The molecule has 1 heterocycles. The molecule has 0 saturated carbocycles. The lowest BCUT2D eigenvalue weighted by atomic mass is 9.85. The molecule has 1 saturated heterocycles. The Balaban J connectivity index is 1.78. The summed E-state index contributed by atoms with van der Waals surface area (Å²) in [6.07, 6.45) is 0.894. The van der Waals surface area contributed by atoms with Crippen molar-refractivity contribution in [1.29, 1.82) is 0 Å². The summed E-state index contributed by atoms with van der Waals surface area (Å²) in [6, 6.07) is 18.3. The average Bonchev–Trinajstić information content (AvgIpc) is 3.75. The van der Waals surface area contributed by atoms with Crippen LogP contribution in [0.2, 0.25) is 0 Å². The number of rotatable bonds is 14. The molecule has 11 nitrogen and oxygen atoms in total. The summed E-state index contributed by atoms with van der Waals surface area (Å²) in [5.41, 5.74) is 0.143. The number of benzene rings is 3. The van der Waals surface area contributed by atoms with E-state index in [4.69, 9.17) is 4.74 Å². The van der Waals surface area contributed by atoms with Crippen LogP contribution >= 0.6 is 0 Å². The van der Waals surface area contributed by atoms with Gasteiger partial charge in [-0.25, -0.2) is 16.8 Å². The van der Waals surface area contributed by atoms with Gasteiger partial charge < -0.3 is 4.74 Å². The van der Waals surface area contributed by atoms with Crippen LogP contribution in [-0.2, 0) is 29.6 Å². The third-order valence-corrected chi connectivity index (χ3v) is 11.8. The molecule has 1 fully saturated rings. The lowest BCUT2D eigenvalue weighted by Gasteiger charge is -2.31. The molecule has 3 aromatic rings. The Bertz CT molecular complexity index is 1910. The monoisotopic (exact) mass is 709 g/mol. The van der Waals surface area contributed by atoms with E-state index in [9.17, 15) is 31.7 Å². The number of hydrogen-bond acceptors (Lipinski definition) is 8. The molecule has 3 aromatic carbocycles. The topological polar surface area (TPSA) is 144 Å². The van der Waals surface area contributed by atoms with Crippen LogP contribution in [0, 0.1) is 40.7 Å². The van der Waals surface area contributed by atoms with Gasteiger partial charge in [-0.2, -0.15) is 8.61 Å². The van der Waals surface area contributed by atoms with Crippen molar-refractivity contribution >= 4 is 31.7 Å². The minimum Gasteiger partial charge on any atom is -0.446 e. The fourth-order valence-electron chi connectivity index (χ4n) is 6.14. The van der Waals surface area contributed by atoms with E-state index in [2.05, 4.69) is 11.8 Å². The smallest absolute Gasteiger partial charge is 0.304 e. The molecule has 0 aromatic heterocycles. The number of ether oxygens (including phenoxy) is 1. The largest absolute Gasteiger partial charge is 0.446 e. The van der Waals surface area contributed by atoms with Gasteiger partial charge in [0.2, 0.25) is 20.0 Å². The summed E-state index contributed by atoms with van der Waals surface area (Å²) in [5.74, 6) is 5.88. The highest BCUT2D eigenvalue weighted by atomic mass is 32.2. The second-order valence-electron chi connectivity index (χ2n) is 13.2. The third-order valence-electron chi connectivity index (χ3n) is 8.08. The molecule has 0 amide bonds. The zero-order chi connectivity index (χ0) is 36.1. The summed E-state index contributed by atoms with van der Waals surface area (Å²) in [6.45, 7) is 10.6. The highest BCUT2D eigenvalue weighted by Gasteiger charge is 2.57. The molecule has 0 aliphatic carbocycles. The highest BCUT2D eigenvalue weighted by Crippen LogP contribution is 2.48. The second kappa shape index (κ2) is 15.2. The molecule has 262 valence electrons. The van der Waals surface area contributed by atoms with Gasteiger partial charge in [0.05, 0.1) is 33.3 Å². The van der Waals surface area contributed by atoms with E-state index in [0.29, 0.717) is 18.4 Å². The van der Waals surface area contributed by atoms with Crippen molar-refractivity contribution in [3.8, 4) is 11.8 Å². The van der Waals surface area contributed by atoms with Crippen molar-refractivity contribution < 1.29 is 31.3 Å². The Morgan fingerprint density at radius 3 is 1.98 bits per heavy atom. The van der Waals surface area contributed by atoms with Crippen LogP contribution in [-0.4, -0.2) is 61.1 Å². The number of non-ortho nitro benzene ring substituents is 1. The molecule has 0 N–H and O–H groups in total. The van der Waals surface area contributed by atoms with E-state index in [1.165, 1.54) is 39.8 Å². The fraction of sp³-hybridized carbons (Fsp3) is 0.417. The first-order chi connectivity index (χ1) is 23.0. The standard InChI is InChI=1S/C36H43N3O8S2/c1-26(2)23-36(24-27(3)4,47-29(6)40)21-10-22-37(48(43,44)32-17-13-28(5)14-18-32)25-34-35(30-11-8-7-9-12-30)38(34)49(45,46)33-19-15-31(16-20-33)39(41)42/h7-9,11-20,26-27,34-35H,22-25H2,1-6H3. The molecule has 1 aliphatic heterocycles. The predicted octanol–water partition coefficient (Wildman–Crippen LogP) is 6.11. The van der Waals surface area contributed by atoms with Gasteiger partial charge in [-0.05, 0) is 48.6 Å². The summed E-state index contributed by atoms with van der Waals surface area (Å²) in [5, 5.41) is 11.2. The lowest BCUT2D eigenvalue weighted by Crippen LogP contribution is -2.38. The SMILES string of the molecule is CC(=O)OC(C#CCN(CC1C(c2ccccc2)N1S(=O)(=O)c1ccc([N+](=O)[O-])cc1)S(=O)(=O)c1ccc(C)cc1)(CC(C)C)CC(C)C. The number of aryl methyl sites for hydroxylation is 1. The third kappa shape index (κ3) is 9.13. The normalized spacial score (nSPS) is 17.9. The molecule has 3 atom stereocenters. The minimum absolute atomic E-state index is 0.0252. The summed E-state index contributed by atoms with van der Waals surface area (Å²) >= 11 is 0. The van der Waals surface area contributed by atoms with Crippen molar-refractivity contribution in [1.82, 2.24) is 8.61 Å². The van der Waals surface area contributed by atoms with Crippen molar-refractivity contribution in [3.05, 3.63) is 100 Å². The lowest BCUT2D eigenvalue weighted by molar-refractivity contribution is -0.384. The molecule has 3 unspecified atom stereocenters. The van der Waals surface area contributed by atoms with E-state index in [0.717, 1.165) is 17.7 Å². The van der Waals surface area contributed by atoms with E-state index in [1.54, 1.807) is 42.5 Å². The Morgan fingerprint density at radius 1 is 0.918 bits per heavy atom. The number of nitrogens with zero attached hydrogens (tertiary/aromatic N) is 3. The molecule has 49 heavy (non-hydrogen) atoms. The number of esters is 1. The van der Waals surface area contributed by atoms with Gasteiger partial charge in [-0.15, -0.1) is 0 Å². The molecule has 0 spiro atoms. The van der Waals surface area contributed by atoms with Gasteiger partial charge in [0.15, 0.2) is 5.60 Å². The fourth-order valence-corrected chi connectivity index (χ4v) is 9.27. The van der Waals surface area contributed by atoms with E-state index >= 15 is 0 Å². The van der Waals surface area contributed by atoms with Gasteiger partial charge in [-0.3, -0.25) is 14.9 Å². The molecule has 0 radical (unpaired) electrons. The van der Waals surface area contributed by atoms with Crippen molar-refractivity contribution in [2.45, 2.75) is 81.9 Å². The Morgan fingerprint density at radius 2 is 1.47 bits per heavy atom. The molecule has 0 bridgehead atoms. The number of carbonyl (C=O) groups is 1. The molecular weight excluding hydrogens is 667 g/mol. The minimum atomic E-state index is -4.20. The van der Waals surface area contributed by atoms with Crippen molar-refractivity contribution in [2.24, 2.45) is 11.8 Å². The van der Waals surface area contributed by atoms with Gasteiger partial charge in [0.1, 0.15) is 0 Å². The van der Waals surface area contributed by atoms with Crippen LogP contribution in [0.3, 0.4) is 0 Å². The first kappa shape index (κ1) is 37.7. The van der Waals surface area contributed by atoms with Crippen LogP contribution in [0.5, 0.6) is 0 Å². The number of nitro benzene ring substituents is 1. The zero-order valence-corrected chi connectivity index (χ0v) is 30.2. The van der Waals surface area contributed by atoms with Crippen LogP contribution in [0.1, 0.15) is 64.6 Å². The first-order valence-corrected chi connectivity index (χ1v) is 18.9. The maximum Gasteiger partial charge on any atom is 0.304 e. The first-order valence-electron chi connectivity index (χ1n) is 16.1. The van der Waals surface area contributed by atoms with Crippen molar-refractivity contribution in [2.75, 3.05) is 13.1 Å². The predicted molar refractivity (Wildman–Crippen MR) is 186 cm³/mol. The van der Waals surface area contributed by atoms with Crippen LogP contribution in [0.15, 0.2) is 88.7 Å². The van der Waals surface area contributed by atoms with Crippen LogP contribution in [0.25, 0.3) is 0 Å².